The zero-order valence-electron chi connectivity index (χ0n) is 14.2. The number of thioether (sulfide) groups is 1. The molecule has 4 heteroatoms. The SMILES string of the molecule is Cc1cc(C)c(C)c(S[C@@H](C)C(=O)Nc2ccc(F)cc2)c1C. The molecule has 2 aromatic rings. The number of carbonyl (C=O) groups is 1. The molecule has 122 valence electrons. The molecule has 0 bridgehead atoms. The maximum absolute atomic E-state index is 12.9. The van der Waals surface area contributed by atoms with Crippen molar-refractivity contribution in [2.24, 2.45) is 0 Å². The maximum Gasteiger partial charge on any atom is 0.237 e. The van der Waals surface area contributed by atoms with Crippen LogP contribution >= 0.6 is 11.8 Å². The van der Waals surface area contributed by atoms with E-state index in [1.165, 1.54) is 39.3 Å². The lowest BCUT2D eigenvalue weighted by atomic mass is 10.0. The first-order valence-corrected chi connectivity index (χ1v) is 8.48. The number of amides is 1. The summed E-state index contributed by atoms with van der Waals surface area (Å²) in [5.41, 5.74) is 5.53. The van der Waals surface area contributed by atoms with Crippen LogP contribution in [0.2, 0.25) is 0 Å². The topological polar surface area (TPSA) is 29.1 Å². The van der Waals surface area contributed by atoms with Crippen molar-refractivity contribution in [3.05, 3.63) is 58.4 Å². The fraction of sp³-hybridized carbons (Fsp3) is 0.316. The highest BCUT2D eigenvalue weighted by atomic mass is 32.2. The molecule has 0 radical (unpaired) electrons. The molecule has 2 aromatic carbocycles. The van der Waals surface area contributed by atoms with Crippen LogP contribution in [0.25, 0.3) is 0 Å². The van der Waals surface area contributed by atoms with Crippen LogP contribution in [0.4, 0.5) is 10.1 Å². The molecule has 0 saturated carbocycles. The summed E-state index contributed by atoms with van der Waals surface area (Å²) in [7, 11) is 0. The van der Waals surface area contributed by atoms with Crippen molar-refractivity contribution < 1.29 is 9.18 Å². The summed E-state index contributed by atoms with van der Waals surface area (Å²) < 4.78 is 12.9. The second kappa shape index (κ2) is 7.18. The molecule has 2 rings (SSSR count). The smallest absolute Gasteiger partial charge is 0.237 e. The molecule has 0 fully saturated rings. The van der Waals surface area contributed by atoms with Crippen LogP contribution in [-0.2, 0) is 4.79 Å². The number of carbonyl (C=O) groups excluding carboxylic acids is 1. The molecular formula is C19H22FNOS. The van der Waals surface area contributed by atoms with Crippen LogP contribution in [0, 0.1) is 33.5 Å². The van der Waals surface area contributed by atoms with Gasteiger partial charge < -0.3 is 5.32 Å². The number of halogens is 1. The van der Waals surface area contributed by atoms with Gasteiger partial charge in [-0.1, -0.05) is 6.07 Å². The van der Waals surface area contributed by atoms with E-state index >= 15 is 0 Å². The minimum Gasteiger partial charge on any atom is -0.325 e. The molecule has 0 aliphatic carbocycles. The van der Waals surface area contributed by atoms with Gasteiger partial charge in [-0.2, -0.15) is 0 Å². The molecule has 1 N–H and O–H groups in total. The molecular weight excluding hydrogens is 309 g/mol. The second-order valence-corrected chi connectivity index (χ2v) is 7.20. The third-order valence-electron chi connectivity index (χ3n) is 4.07. The van der Waals surface area contributed by atoms with Crippen LogP contribution in [-0.4, -0.2) is 11.2 Å². The quantitative estimate of drug-likeness (QED) is 0.782. The first kappa shape index (κ1) is 17.5. The predicted octanol–water partition coefficient (Wildman–Crippen LogP) is 5.18. The summed E-state index contributed by atoms with van der Waals surface area (Å²) in [6, 6.07) is 7.99. The zero-order valence-corrected chi connectivity index (χ0v) is 15.0. The molecule has 0 unspecified atom stereocenters. The Morgan fingerprint density at radius 2 is 1.57 bits per heavy atom. The van der Waals surface area contributed by atoms with E-state index in [0.717, 1.165) is 0 Å². The van der Waals surface area contributed by atoms with Gasteiger partial charge in [0.25, 0.3) is 0 Å². The summed E-state index contributed by atoms with van der Waals surface area (Å²) in [5.74, 6) is -0.397. The van der Waals surface area contributed by atoms with Gasteiger partial charge in [0.05, 0.1) is 5.25 Å². The van der Waals surface area contributed by atoms with Gasteiger partial charge in [-0.05, 0) is 81.1 Å². The molecule has 0 spiro atoms. The number of aryl methyl sites for hydroxylation is 2. The van der Waals surface area contributed by atoms with Crippen molar-refractivity contribution in [3.8, 4) is 0 Å². The number of benzene rings is 2. The second-order valence-electron chi connectivity index (χ2n) is 5.85. The largest absolute Gasteiger partial charge is 0.325 e. The van der Waals surface area contributed by atoms with Crippen LogP contribution in [0.1, 0.15) is 29.2 Å². The molecule has 0 saturated heterocycles. The third-order valence-corrected chi connectivity index (χ3v) is 5.49. The lowest BCUT2D eigenvalue weighted by Crippen LogP contribution is -2.22. The van der Waals surface area contributed by atoms with Gasteiger partial charge in [0.2, 0.25) is 5.91 Å². The van der Waals surface area contributed by atoms with Gasteiger partial charge in [-0.15, -0.1) is 11.8 Å². The van der Waals surface area contributed by atoms with Crippen molar-refractivity contribution in [2.45, 2.75) is 44.8 Å². The van der Waals surface area contributed by atoms with Crippen LogP contribution < -0.4 is 5.32 Å². The van der Waals surface area contributed by atoms with E-state index in [2.05, 4.69) is 39.1 Å². The average molecular weight is 331 g/mol. The predicted molar refractivity (Wildman–Crippen MR) is 95.7 cm³/mol. The highest BCUT2D eigenvalue weighted by molar-refractivity contribution is 8.00. The summed E-state index contributed by atoms with van der Waals surface area (Å²) in [5, 5.41) is 2.59. The summed E-state index contributed by atoms with van der Waals surface area (Å²) in [4.78, 5) is 13.5. The number of hydrogen-bond donors (Lipinski definition) is 1. The number of nitrogens with one attached hydrogen (secondary N) is 1. The van der Waals surface area contributed by atoms with Crippen molar-refractivity contribution in [1.29, 1.82) is 0 Å². The molecule has 23 heavy (non-hydrogen) atoms. The highest BCUT2D eigenvalue weighted by Crippen LogP contribution is 2.33. The van der Waals surface area contributed by atoms with E-state index in [-0.39, 0.29) is 17.0 Å². The maximum atomic E-state index is 12.9. The average Bonchev–Trinajstić information content (AvgIpc) is 2.51. The summed E-state index contributed by atoms with van der Waals surface area (Å²) in [6.07, 6.45) is 0. The van der Waals surface area contributed by atoms with Gasteiger partial charge in [0.1, 0.15) is 5.82 Å². The molecule has 0 heterocycles. The molecule has 0 aliphatic heterocycles. The molecule has 1 amide bonds. The zero-order chi connectivity index (χ0) is 17.1. The van der Waals surface area contributed by atoms with E-state index in [9.17, 15) is 9.18 Å². The summed E-state index contributed by atoms with van der Waals surface area (Å²) >= 11 is 1.57. The van der Waals surface area contributed by atoms with Crippen LogP contribution in [0.5, 0.6) is 0 Å². The van der Waals surface area contributed by atoms with Crippen molar-refractivity contribution in [3.63, 3.8) is 0 Å². The van der Waals surface area contributed by atoms with Gasteiger partial charge in [-0.3, -0.25) is 4.79 Å². The molecule has 2 nitrogen and oxygen atoms in total. The van der Waals surface area contributed by atoms with E-state index in [4.69, 9.17) is 0 Å². The van der Waals surface area contributed by atoms with Crippen molar-refractivity contribution in [2.75, 3.05) is 5.32 Å². The first-order valence-electron chi connectivity index (χ1n) is 7.60. The van der Waals surface area contributed by atoms with E-state index in [1.807, 2.05) is 6.92 Å². The monoisotopic (exact) mass is 331 g/mol. The highest BCUT2D eigenvalue weighted by Gasteiger charge is 2.18. The van der Waals surface area contributed by atoms with Crippen molar-refractivity contribution >= 4 is 23.4 Å². The van der Waals surface area contributed by atoms with E-state index < -0.39 is 0 Å². The number of anilines is 1. The van der Waals surface area contributed by atoms with E-state index in [0.29, 0.717) is 5.69 Å². The fourth-order valence-electron chi connectivity index (χ4n) is 2.36. The standard InChI is InChI=1S/C19H22FNOS/c1-11-10-12(2)14(4)18(13(11)3)23-15(5)19(22)21-17-8-6-16(20)7-9-17/h6-10,15H,1-5H3,(H,21,22)/t15-/m0/s1. The van der Waals surface area contributed by atoms with Gasteiger partial charge in [0, 0.05) is 10.6 Å². The Bertz CT molecular complexity index is 699. The number of rotatable bonds is 4. The first-order chi connectivity index (χ1) is 10.8. The lowest BCUT2D eigenvalue weighted by Gasteiger charge is -2.18. The Kier molecular flexibility index (Phi) is 5.47. The lowest BCUT2D eigenvalue weighted by molar-refractivity contribution is -0.115. The molecule has 1 atom stereocenters. The van der Waals surface area contributed by atoms with Gasteiger partial charge >= 0.3 is 0 Å². The third kappa shape index (κ3) is 4.14. The Hall–Kier alpha value is -1.81. The molecule has 0 aliphatic rings. The van der Waals surface area contributed by atoms with Gasteiger partial charge in [0.15, 0.2) is 0 Å². The van der Waals surface area contributed by atoms with Gasteiger partial charge in [-0.25, -0.2) is 4.39 Å². The number of hydrogen-bond acceptors (Lipinski definition) is 2. The normalized spacial score (nSPS) is 12.1. The Labute approximate surface area is 141 Å². The molecule has 0 aromatic heterocycles. The fourth-order valence-corrected chi connectivity index (χ4v) is 3.56. The Morgan fingerprint density at radius 3 is 2.09 bits per heavy atom. The minimum atomic E-state index is -0.313. The van der Waals surface area contributed by atoms with E-state index in [1.54, 1.807) is 23.9 Å². The van der Waals surface area contributed by atoms with Crippen LogP contribution in [0.15, 0.2) is 35.2 Å². The van der Waals surface area contributed by atoms with Crippen LogP contribution in [0.3, 0.4) is 0 Å². The minimum absolute atomic E-state index is 0.0837. The van der Waals surface area contributed by atoms with Crippen molar-refractivity contribution in [1.82, 2.24) is 0 Å². The summed E-state index contributed by atoms with van der Waals surface area (Å²) in [6.45, 7) is 10.3. The Balaban J connectivity index is 2.14. The Morgan fingerprint density at radius 1 is 1.04 bits per heavy atom.